The maximum Gasteiger partial charge on any atom is 0.269 e. The molecule has 0 radical (unpaired) electrons. The van der Waals surface area contributed by atoms with Crippen molar-refractivity contribution in [2.75, 3.05) is 12.4 Å². The third-order valence-electron chi connectivity index (χ3n) is 3.16. The molecule has 0 fully saturated rings. The van der Waals surface area contributed by atoms with Crippen molar-refractivity contribution in [3.05, 3.63) is 39.4 Å². The van der Waals surface area contributed by atoms with Crippen molar-refractivity contribution in [2.24, 2.45) is 5.41 Å². The highest BCUT2D eigenvalue weighted by Gasteiger charge is 2.19. The number of nitro benzene ring substituents is 1. The summed E-state index contributed by atoms with van der Waals surface area (Å²) in [5.41, 5.74) is 0.956. The van der Waals surface area contributed by atoms with Gasteiger partial charge in [-0.1, -0.05) is 13.8 Å². The average Bonchev–Trinajstić information content (AvgIpc) is 2.35. The number of nitrogens with one attached hydrogen (secondary N) is 1. The maximum absolute atomic E-state index is 12.1. The topological polar surface area (TPSA) is 72.2 Å². The van der Waals surface area contributed by atoms with E-state index in [1.807, 2.05) is 13.8 Å². The highest BCUT2D eigenvalue weighted by Crippen LogP contribution is 2.21. The lowest BCUT2D eigenvalue weighted by molar-refractivity contribution is -0.384. The standard InChI is InChI=1S/C14H19ClN2O3/c1-10-8-11(17(19)20)4-5-12(10)13(18)16-9-14(2,3)6-7-15/h4-5,8H,6-7,9H2,1-3H3,(H,16,18). The monoisotopic (exact) mass is 298 g/mol. The van der Waals surface area contributed by atoms with Crippen LogP contribution >= 0.6 is 11.6 Å². The van der Waals surface area contributed by atoms with E-state index in [9.17, 15) is 14.9 Å². The summed E-state index contributed by atoms with van der Waals surface area (Å²) < 4.78 is 0. The van der Waals surface area contributed by atoms with Gasteiger partial charge in [0.05, 0.1) is 4.92 Å². The van der Waals surface area contributed by atoms with Gasteiger partial charge in [-0.2, -0.15) is 0 Å². The molecule has 1 aromatic carbocycles. The summed E-state index contributed by atoms with van der Waals surface area (Å²) >= 11 is 5.71. The second-order valence-corrected chi connectivity index (χ2v) is 5.92. The number of amides is 1. The van der Waals surface area contributed by atoms with Gasteiger partial charge in [-0.3, -0.25) is 14.9 Å². The summed E-state index contributed by atoms with van der Waals surface area (Å²) in [6.07, 6.45) is 0.800. The maximum atomic E-state index is 12.1. The predicted octanol–water partition coefficient (Wildman–Crippen LogP) is 3.29. The Bertz CT molecular complexity index is 515. The van der Waals surface area contributed by atoms with Crippen molar-refractivity contribution >= 4 is 23.2 Å². The van der Waals surface area contributed by atoms with Crippen molar-refractivity contribution in [2.45, 2.75) is 27.2 Å². The molecule has 0 unspecified atom stereocenters. The molecule has 1 aromatic rings. The van der Waals surface area contributed by atoms with Crippen LogP contribution in [0.5, 0.6) is 0 Å². The lowest BCUT2D eigenvalue weighted by atomic mass is 9.90. The Morgan fingerprint density at radius 2 is 2.10 bits per heavy atom. The number of carbonyl (C=O) groups is 1. The largest absolute Gasteiger partial charge is 0.351 e. The Morgan fingerprint density at radius 3 is 2.60 bits per heavy atom. The Labute approximate surface area is 123 Å². The molecule has 0 atom stereocenters. The molecule has 5 nitrogen and oxygen atoms in total. The first-order chi connectivity index (χ1) is 9.26. The lowest BCUT2D eigenvalue weighted by Crippen LogP contribution is -2.34. The number of non-ortho nitro benzene ring substituents is 1. The average molecular weight is 299 g/mol. The van der Waals surface area contributed by atoms with E-state index in [1.54, 1.807) is 6.92 Å². The molecule has 0 aromatic heterocycles. The molecule has 110 valence electrons. The summed E-state index contributed by atoms with van der Waals surface area (Å²) in [5, 5.41) is 13.5. The number of aryl methyl sites for hydroxylation is 1. The minimum absolute atomic E-state index is 0.0125. The number of halogens is 1. The van der Waals surface area contributed by atoms with Gasteiger partial charge in [0.15, 0.2) is 0 Å². The number of rotatable bonds is 6. The van der Waals surface area contributed by atoms with Crippen molar-refractivity contribution in [1.29, 1.82) is 0 Å². The van der Waals surface area contributed by atoms with Gasteiger partial charge in [0, 0.05) is 30.1 Å². The Balaban J connectivity index is 2.76. The molecule has 0 aliphatic carbocycles. The van der Waals surface area contributed by atoms with E-state index >= 15 is 0 Å². The molecule has 1 N–H and O–H groups in total. The summed E-state index contributed by atoms with van der Waals surface area (Å²) in [6, 6.07) is 4.22. The zero-order valence-electron chi connectivity index (χ0n) is 11.9. The van der Waals surface area contributed by atoms with E-state index in [0.29, 0.717) is 23.6 Å². The van der Waals surface area contributed by atoms with Crippen LogP contribution in [0.1, 0.15) is 36.2 Å². The number of benzene rings is 1. The minimum atomic E-state index is -0.474. The fourth-order valence-electron chi connectivity index (χ4n) is 1.78. The van der Waals surface area contributed by atoms with Gasteiger partial charge in [-0.05, 0) is 30.4 Å². The lowest BCUT2D eigenvalue weighted by Gasteiger charge is -2.24. The Hall–Kier alpha value is -1.62. The van der Waals surface area contributed by atoms with Crippen molar-refractivity contribution in [3.8, 4) is 0 Å². The molecular formula is C14H19ClN2O3. The molecule has 0 spiro atoms. The third kappa shape index (κ3) is 4.49. The molecule has 0 saturated carbocycles. The van der Waals surface area contributed by atoms with Crippen LogP contribution in [0.25, 0.3) is 0 Å². The van der Waals surface area contributed by atoms with Gasteiger partial charge >= 0.3 is 0 Å². The van der Waals surface area contributed by atoms with Crippen molar-refractivity contribution < 1.29 is 9.72 Å². The molecule has 20 heavy (non-hydrogen) atoms. The van der Waals surface area contributed by atoms with Gasteiger partial charge in [-0.15, -0.1) is 11.6 Å². The van der Waals surface area contributed by atoms with E-state index in [-0.39, 0.29) is 17.0 Å². The highest BCUT2D eigenvalue weighted by molar-refractivity contribution is 6.17. The van der Waals surface area contributed by atoms with Crippen molar-refractivity contribution in [1.82, 2.24) is 5.32 Å². The van der Waals surface area contributed by atoms with Crippen LogP contribution in [0, 0.1) is 22.5 Å². The summed E-state index contributed by atoms with van der Waals surface area (Å²) in [7, 11) is 0. The first-order valence-electron chi connectivity index (χ1n) is 6.36. The van der Waals surface area contributed by atoms with Gasteiger partial charge in [0.25, 0.3) is 11.6 Å². The van der Waals surface area contributed by atoms with E-state index in [2.05, 4.69) is 5.32 Å². The quantitative estimate of drug-likeness (QED) is 0.497. The molecule has 6 heteroatoms. The Kier molecular flexibility index (Phi) is 5.51. The summed E-state index contributed by atoms with van der Waals surface area (Å²) in [5.74, 6) is 0.319. The molecule has 0 bridgehead atoms. The number of nitro groups is 1. The SMILES string of the molecule is Cc1cc([N+](=O)[O-])ccc1C(=O)NCC(C)(C)CCCl. The molecular weight excluding hydrogens is 280 g/mol. The van der Waals surface area contributed by atoms with Gasteiger partial charge in [0.1, 0.15) is 0 Å². The fourth-order valence-corrected chi connectivity index (χ4v) is 2.29. The zero-order valence-corrected chi connectivity index (χ0v) is 12.7. The number of carbonyl (C=O) groups excluding carboxylic acids is 1. The van der Waals surface area contributed by atoms with E-state index in [1.165, 1.54) is 18.2 Å². The first kappa shape index (κ1) is 16.4. The number of alkyl halides is 1. The molecule has 0 aliphatic rings. The van der Waals surface area contributed by atoms with Gasteiger partial charge in [0.2, 0.25) is 0 Å². The van der Waals surface area contributed by atoms with Crippen LogP contribution in [0.15, 0.2) is 18.2 Å². The summed E-state index contributed by atoms with van der Waals surface area (Å²) in [4.78, 5) is 22.3. The normalized spacial score (nSPS) is 11.2. The van der Waals surface area contributed by atoms with Crippen LogP contribution < -0.4 is 5.32 Å². The molecule has 0 heterocycles. The highest BCUT2D eigenvalue weighted by atomic mass is 35.5. The molecule has 0 aliphatic heterocycles. The van der Waals surface area contributed by atoms with E-state index in [4.69, 9.17) is 11.6 Å². The van der Waals surface area contributed by atoms with Crippen LogP contribution in [0.3, 0.4) is 0 Å². The Morgan fingerprint density at radius 1 is 1.45 bits per heavy atom. The summed E-state index contributed by atoms with van der Waals surface area (Å²) in [6.45, 7) is 6.25. The predicted molar refractivity (Wildman–Crippen MR) is 79.3 cm³/mol. The second-order valence-electron chi connectivity index (χ2n) is 5.54. The molecule has 1 amide bonds. The molecule has 0 saturated heterocycles. The van der Waals surface area contributed by atoms with Crippen LogP contribution in [-0.2, 0) is 0 Å². The van der Waals surface area contributed by atoms with Crippen LogP contribution in [-0.4, -0.2) is 23.3 Å². The van der Waals surface area contributed by atoms with Crippen LogP contribution in [0.4, 0.5) is 5.69 Å². The van der Waals surface area contributed by atoms with Gasteiger partial charge in [-0.25, -0.2) is 0 Å². The zero-order chi connectivity index (χ0) is 15.3. The fraction of sp³-hybridized carbons (Fsp3) is 0.500. The second kappa shape index (κ2) is 6.70. The smallest absolute Gasteiger partial charge is 0.269 e. The number of hydrogen-bond donors (Lipinski definition) is 1. The third-order valence-corrected chi connectivity index (χ3v) is 3.35. The number of nitrogens with zero attached hydrogens (tertiary/aromatic N) is 1. The number of hydrogen-bond acceptors (Lipinski definition) is 3. The van der Waals surface area contributed by atoms with Gasteiger partial charge < -0.3 is 5.32 Å². The minimum Gasteiger partial charge on any atom is -0.351 e. The van der Waals surface area contributed by atoms with E-state index < -0.39 is 4.92 Å². The first-order valence-corrected chi connectivity index (χ1v) is 6.89. The molecule has 1 rings (SSSR count). The van der Waals surface area contributed by atoms with E-state index in [0.717, 1.165) is 6.42 Å². The van der Waals surface area contributed by atoms with Crippen LogP contribution in [0.2, 0.25) is 0 Å². The van der Waals surface area contributed by atoms with Crippen molar-refractivity contribution in [3.63, 3.8) is 0 Å².